The van der Waals surface area contributed by atoms with Gasteiger partial charge in [0, 0.05) is 5.92 Å². The number of hydrogen-bond acceptors (Lipinski definition) is 2. The van der Waals surface area contributed by atoms with E-state index in [1.807, 2.05) is 0 Å². The lowest BCUT2D eigenvalue weighted by Crippen LogP contribution is -2.48. The third-order valence-electron chi connectivity index (χ3n) is 3.75. The molecule has 0 aromatic heterocycles. The van der Waals surface area contributed by atoms with E-state index >= 15 is 0 Å². The number of amides is 1. The van der Waals surface area contributed by atoms with E-state index in [-0.39, 0.29) is 6.61 Å². The Bertz CT molecular complexity index is 489. The summed E-state index contributed by atoms with van der Waals surface area (Å²) >= 11 is 0. The Balaban J connectivity index is 2.35. The van der Waals surface area contributed by atoms with Gasteiger partial charge in [-0.2, -0.15) is 13.2 Å². The molecule has 116 valence electrons. The first kappa shape index (κ1) is 15.8. The van der Waals surface area contributed by atoms with Crippen LogP contribution in [0.1, 0.15) is 31.9 Å². The van der Waals surface area contributed by atoms with Gasteiger partial charge in [-0.3, -0.25) is 9.69 Å². The number of ether oxygens (including phenoxy) is 1. The van der Waals surface area contributed by atoms with Crippen LogP contribution in [0.2, 0.25) is 0 Å². The van der Waals surface area contributed by atoms with Crippen molar-refractivity contribution in [1.29, 1.82) is 0 Å². The molecule has 1 saturated heterocycles. The highest BCUT2D eigenvalue weighted by Gasteiger charge is 2.53. The summed E-state index contributed by atoms with van der Waals surface area (Å²) < 4.78 is 44.2. The smallest absolute Gasteiger partial charge is 0.347 e. The summed E-state index contributed by atoms with van der Waals surface area (Å²) in [6.45, 7) is 3.27. The Morgan fingerprint density at radius 2 is 2.00 bits per heavy atom. The molecule has 6 heteroatoms. The lowest BCUT2D eigenvalue weighted by Gasteiger charge is -2.31. The number of carbonyl (C=O) groups is 1. The van der Waals surface area contributed by atoms with Crippen molar-refractivity contribution >= 4 is 5.91 Å². The van der Waals surface area contributed by atoms with Crippen LogP contribution in [0.4, 0.5) is 13.2 Å². The van der Waals surface area contributed by atoms with Gasteiger partial charge in [0.05, 0.1) is 12.6 Å². The second-order valence-corrected chi connectivity index (χ2v) is 5.21. The SMILES string of the molecule is CC[C@H](C)C(=O)N1[C@H](C(F)(F)F)OC[C@H]1c1ccccc1. The van der Waals surface area contributed by atoms with Crippen LogP contribution in [0.15, 0.2) is 30.3 Å². The zero-order valence-corrected chi connectivity index (χ0v) is 11.9. The zero-order valence-electron chi connectivity index (χ0n) is 11.9. The maximum Gasteiger partial charge on any atom is 0.433 e. The molecule has 1 aromatic carbocycles. The molecule has 21 heavy (non-hydrogen) atoms. The lowest BCUT2D eigenvalue weighted by molar-refractivity contribution is -0.240. The standard InChI is InChI=1S/C15H18F3NO2/c1-3-10(2)13(20)19-12(11-7-5-4-6-8-11)9-21-14(19)15(16,17)18/h4-8,10,12,14H,3,9H2,1-2H3/t10-,12-,14-/m0/s1. The average molecular weight is 301 g/mol. The van der Waals surface area contributed by atoms with Gasteiger partial charge in [0.15, 0.2) is 0 Å². The fourth-order valence-corrected chi connectivity index (χ4v) is 2.39. The van der Waals surface area contributed by atoms with E-state index in [0.717, 1.165) is 4.90 Å². The number of benzene rings is 1. The number of halogens is 3. The van der Waals surface area contributed by atoms with Crippen molar-refractivity contribution in [3.8, 4) is 0 Å². The van der Waals surface area contributed by atoms with Gasteiger partial charge in [-0.25, -0.2) is 0 Å². The van der Waals surface area contributed by atoms with Gasteiger partial charge in [0.1, 0.15) is 0 Å². The Hall–Kier alpha value is -1.56. The van der Waals surface area contributed by atoms with Crippen molar-refractivity contribution in [2.75, 3.05) is 6.61 Å². The molecule has 0 saturated carbocycles. The third kappa shape index (κ3) is 3.20. The molecule has 3 atom stereocenters. The van der Waals surface area contributed by atoms with E-state index in [1.54, 1.807) is 44.2 Å². The molecular formula is C15H18F3NO2. The largest absolute Gasteiger partial charge is 0.433 e. The topological polar surface area (TPSA) is 29.5 Å². The van der Waals surface area contributed by atoms with Crippen molar-refractivity contribution < 1.29 is 22.7 Å². The van der Waals surface area contributed by atoms with Gasteiger partial charge in [-0.15, -0.1) is 0 Å². The Kier molecular flexibility index (Phi) is 4.56. The second-order valence-electron chi connectivity index (χ2n) is 5.21. The Morgan fingerprint density at radius 3 is 2.52 bits per heavy atom. The van der Waals surface area contributed by atoms with E-state index in [1.165, 1.54) is 0 Å². The molecule has 1 aliphatic heterocycles. The monoisotopic (exact) mass is 301 g/mol. The van der Waals surface area contributed by atoms with Gasteiger partial charge in [0.2, 0.25) is 12.1 Å². The highest BCUT2D eigenvalue weighted by Crippen LogP contribution is 2.39. The second kappa shape index (κ2) is 6.05. The predicted octanol–water partition coefficient (Wildman–Crippen LogP) is 3.52. The summed E-state index contributed by atoms with van der Waals surface area (Å²) in [6.07, 6.45) is -6.27. The maximum atomic E-state index is 13.1. The highest BCUT2D eigenvalue weighted by molar-refractivity contribution is 5.79. The molecule has 1 fully saturated rings. The summed E-state index contributed by atoms with van der Waals surface area (Å²) in [4.78, 5) is 13.2. The first-order chi connectivity index (χ1) is 9.86. The number of hydrogen-bond donors (Lipinski definition) is 0. The molecule has 0 radical (unpaired) electrons. The number of rotatable bonds is 3. The number of alkyl halides is 3. The average Bonchev–Trinajstić information content (AvgIpc) is 2.91. The minimum absolute atomic E-state index is 0.142. The van der Waals surface area contributed by atoms with Crippen LogP contribution in [-0.4, -0.2) is 29.8 Å². The van der Waals surface area contributed by atoms with Crippen LogP contribution in [0.5, 0.6) is 0 Å². The zero-order chi connectivity index (χ0) is 15.6. The van der Waals surface area contributed by atoms with Crippen LogP contribution in [0.25, 0.3) is 0 Å². The van der Waals surface area contributed by atoms with Crippen molar-refractivity contribution in [3.05, 3.63) is 35.9 Å². The highest BCUT2D eigenvalue weighted by atomic mass is 19.4. The molecule has 1 amide bonds. The van der Waals surface area contributed by atoms with Gasteiger partial charge >= 0.3 is 6.18 Å². The van der Waals surface area contributed by atoms with Crippen LogP contribution in [0.3, 0.4) is 0 Å². The third-order valence-corrected chi connectivity index (χ3v) is 3.75. The Labute approximate surface area is 121 Å². The first-order valence-corrected chi connectivity index (χ1v) is 6.91. The van der Waals surface area contributed by atoms with E-state index < -0.39 is 30.3 Å². The number of carbonyl (C=O) groups excluding carboxylic acids is 1. The molecular weight excluding hydrogens is 283 g/mol. The summed E-state index contributed by atoms with van der Waals surface area (Å²) in [7, 11) is 0. The lowest BCUT2D eigenvalue weighted by atomic mass is 10.0. The van der Waals surface area contributed by atoms with Crippen molar-refractivity contribution in [1.82, 2.24) is 4.90 Å². The van der Waals surface area contributed by atoms with Gasteiger partial charge in [-0.1, -0.05) is 44.2 Å². The normalized spacial score (nSPS) is 24.1. The van der Waals surface area contributed by atoms with Crippen molar-refractivity contribution in [3.63, 3.8) is 0 Å². The molecule has 0 unspecified atom stereocenters. The molecule has 1 aliphatic rings. The van der Waals surface area contributed by atoms with E-state index in [2.05, 4.69) is 0 Å². The fraction of sp³-hybridized carbons (Fsp3) is 0.533. The molecule has 0 bridgehead atoms. The molecule has 1 heterocycles. The van der Waals surface area contributed by atoms with E-state index in [9.17, 15) is 18.0 Å². The minimum atomic E-state index is -4.59. The van der Waals surface area contributed by atoms with Crippen molar-refractivity contribution in [2.24, 2.45) is 5.92 Å². The van der Waals surface area contributed by atoms with Gasteiger partial charge < -0.3 is 4.74 Å². The number of nitrogens with zero attached hydrogens (tertiary/aromatic N) is 1. The van der Waals surface area contributed by atoms with Crippen LogP contribution in [-0.2, 0) is 9.53 Å². The summed E-state index contributed by atoms with van der Waals surface area (Å²) in [5.74, 6) is -0.992. The predicted molar refractivity (Wildman–Crippen MR) is 71.3 cm³/mol. The van der Waals surface area contributed by atoms with Crippen LogP contribution >= 0.6 is 0 Å². The summed E-state index contributed by atoms with van der Waals surface area (Å²) in [6, 6.07) is 7.98. The molecule has 3 nitrogen and oxygen atoms in total. The molecule has 1 aromatic rings. The molecule has 0 aliphatic carbocycles. The van der Waals surface area contributed by atoms with E-state index in [0.29, 0.717) is 12.0 Å². The molecule has 0 spiro atoms. The fourth-order valence-electron chi connectivity index (χ4n) is 2.39. The quantitative estimate of drug-likeness (QED) is 0.855. The van der Waals surface area contributed by atoms with Gasteiger partial charge in [-0.05, 0) is 12.0 Å². The summed E-state index contributed by atoms with van der Waals surface area (Å²) in [5.41, 5.74) is 0.654. The van der Waals surface area contributed by atoms with Crippen LogP contribution < -0.4 is 0 Å². The summed E-state index contributed by atoms with van der Waals surface area (Å²) in [5, 5.41) is 0. The molecule has 0 N–H and O–H groups in total. The first-order valence-electron chi connectivity index (χ1n) is 6.91. The maximum absolute atomic E-state index is 13.1. The van der Waals surface area contributed by atoms with Crippen LogP contribution in [0, 0.1) is 5.92 Å². The van der Waals surface area contributed by atoms with Crippen molar-refractivity contribution in [2.45, 2.75) is 38.7 Å². The molecule has 2 rings (SSSR count). The van der Waals surface area contributed by atoms with Gasteiger partial charge in [0.25, 0.3) is 0 Å². The Morgan fingerprint density at radius 1 is 1.38 bits per heavy atom. The van der Waals surface area contributed by atoms with E-state index in [4.69, 9.17) is 4.74 Å². The minimum Gasteiger partial charge on any atom is -0.347 e.